The van der Waals surface area contributed by atoms with Gasteiger partial charge in [-0.1, -0.05) is 0 Å². The van der Waals surface area contributed by atoms with Gasteiger partial charge in [0.1, 0.15) is 0 Å². The van der Waals surface area contributed by atoms with Crippen LogP contribution in [0.25, 0.3) is 0 Å². The molecule has 1 atom stereocenters. The number of hydrogen-bond donors (Lipinski definition) is 0. The van der Waals surface area contributed by atoms with Gasteiger partial charge >= 0.3 is 17.4 Å². The van der Waals surface area contributed by atoms with Crippen molar-refractivity contribution < 1.29 is 56.7 Å². The van der Waals surface area contributed by atoms with E-state index in [4.69, 9.17) is 0 Å². The fraction of sp³-hybridized carbons (Fsp3) is 0.941. The molecule has 4 fully saturated rings. The van der Waals surface area contributed by atoms with Gasteiger partial charge in [-0.2, -0.15) is 22.0 Å². The summed E-state index contributed by atoms with van der Waals surface area (Å²) in [5.74, 6) is -1.60. The Kier molecular flexibility index (Phi) is 6.23. The number of ether oxygens (including phenoxy) is 1. The zero-order valence-electron chi connectivity index (χ0n) is 17.5. The lowest BCUT2D eigenvalue weighted by molar-refractivity contribution is -0.265. The Balaban J connectivity index is 2.01. The zero-order valence-corrected chi connectivity index (χ0v) is 20.0. The molecule has 0 aliphatic heterocycles. The van der Waals surface area contributed by atoms with Gasteiger partial charge in [0.15, 0.2) is 19.7 Å². The van der Waals surface area contributed by atoms with E-state index in [0.29, 0.717) is 0 Å². The molecule has 0 saturated heterocycles. The Morgan fingerprint density at radius 1 is 0.818 bits per heavy atom. The van der Waals surface area contributed by atoms with Gasteiger partial charge in [-0.15, -0.1) is 0 Å². The second-order valence-corrected chi connectivity index (χ2v) is 16.8. The topological polar surface area (TPSA) is 129 Å². The molecule has 0 aromatic heterocycles. The van der Waals surface area contributed by atoms with E-state index >= 15 is 0 Å². The molecule has 0 N–H and O–H groups in total. The van der Waals surface area contributed by atoms with Gasteiger partial charge in [0.25, 0.3) is 19.9 Å². The number of hydrogen-bond acceptors (Lipinski definition) is 8. The number of alkyl halides is 5. The maximum atomic E-state index is 14.9. The molecule has 4 aliphatic rings. The van der Waals surface area contributed by atoms with Gasteiger partial charge in [0, 0.05) is 12.5 Å². The fourth-order valence-electron chi connectivity index (χ4n) is 5.97. The lowest BCUT2D eigenvalue weighted by atomic mass is 9.49. The van der Waals surface area contributed by atoms with Crippen LogP contribution in [-0.4, -0.2) is 65.2 Å². The quantitative estimate of drug-likeness (QED) is 0.351. The van der Waals surface area contributed by atoms with E-state index in [9.17, 15) is 52.0 Å². The van der Waals surface area contributed by atoms with Gasteiger partial charge < -0.3 is 4.74 Å². The Bertz CT molecular complexity index is 1070. The molecule has 33 heavy (non-hydrogen) atoms. The van der Waals surface area contributed by atoms with E-state index in [1.54, 1.807) is 0 Å². The number of rotatable bonds is 7. The van der Waals surface area contributed by atoms with Crippen LogP contribution in [0.3, 0.4) is 0 Å². The third-order valence-electron chi connectivity index (χ3n) is 6.63. The molecular formula is C17H23F5O8S3. The zero-order chi connectivity index (χ0) is 25.4. The van der Waals surface area contributed by atoms with E-state index in [2.05, 4.69) is 4.74 Å². The molecule has 0 heterocycles. The van der Waals surface area contributed by atoms with Crippen LogP contribution in [0.4, 0.5) is 22.0 Å². The highest BCUT2D eigenvalue weighted by molar-refractivity contribution is 8.24. The third kappa shape index (κ3) is 4.62. The predicted octanol–water partition coefficient (Wildman–Crippen LogP) is 2.06. The Labute approximate surface area is 188 Å². The minimum atomic E-state index is -6.91. The summed E-state index contributed by atoms with van der Waals surface area (Å²) in [5, 5.41) is -6.10. The number of sulfone groups is 3. The maximum Gasteiger partial charge on any atom is 0.432 e. The average Bonchev–Trinajstić information content (AvgIpc) is 2.53. The molecule has 0 radical (unpaired) electrons. The van der Waals surface area contributed by atoms with E-state index in [0.717, 1.165) is 19.3 Å². The van der Waals surface area contributed by atoms with E-state index in [1.807, 2.05) is 0 Å². The molecule has 0 amide bonds. The summed E-state index contributed by atoms with van der Waals surface area (Å²) in [6, 6.07) is 0. The highest BCUT2D eigenvalue weighted by atomic mass is 32.3. The van der Waals surface area contributed by atoms with Crippen LogP contribution in [0.5, 0.6) is 0 Å². The summed E-state index contributed by atoms with van der Waals surface area (Å²) in [4.78, 5) is 12.8. The van der Waals surface area contributed by atoms with Crippen molar-refractivity contribution in [3.05, 3.63) is 0 Å². The van der Waals surface area contributed by atoms with Gasteiger partial charge in [0.2, 0.25) is 0 Å². The number of esters is 1. The number of halogens is 5. The summed E-state index contributed by atoms with van der Waals surface area (Å²) < 4.78 is 142. The molecule has 0 aromatic carbocycles. The summed E-state index contributed by atoms with van der Waals surface area (Å²) in [5.41, 5.74) is -1.47. The van der Waals surface area contributed by atoms with Crippen molar-refractivity contribution >= 4 is 35.5 Å². The fourth-order valence-corrected chi connectivity index (χ4v) is 13.7. The predicted molar refractivity (Wildman–Crippen MR) is 104 cm³/mol. The first-order valence-corrected chi connectivity index (χ1v) is 15.3. The molecule has 16 heteroatoms. The molecule has 0 spiro atoms. The minimum Gasteiger partial charge on any atom is -0.444 e. The molecule has 4 bridgehead atoms. The van der Waals surface area contributed by atoms with Crippen molar-refractivity contribution in [2.45, 2.75) is 60.0 Å². The molecule has 1 unspecified atom stereocenters. The molecule has 4 rings (SSSR count). The third-order valence-corrected chi connectivity index (χ3v) is 15.2. The number of carbonyl (C=O) groups excluding carboxylic acids is 1. The normalized spacial score (nSPS) is 31.6. The first-order chi connectivity index (χ1) is 14.6. The largest absolute Gasteiger partial charge is 0.444 e. The summed E-state index contributed by atoms with van der Waals surface area (Å²) in [6.07, 6.45) is -8.14. The lowest BCUT2D eigenvalue weighted by Crippen LogP contribution is -2.59. The van der Waals surface area contributed by atoms with Gasteiger partial charge in [-0.25, -0.2) is 25.3 Å². The summed E-state index contributed by atoms with van der Waals surface area (Å²) >= 11 is 0. The summed E-state index contributed by atoms with van der Waals surface area (Å²) in [7, 11) is -17.6. The van der Waals surface area contributed by atoms with Crippen LogP contribution in [0.1, 0.15) is 38.5 Å². The highest BCUT2D eigenvalue weighted by Gasteiger charge is 2.71. The molecular weight excluding hydrogens is 523 g/mol. The molecule has 0 aromatic rings. The van der Waals surface area contributed by atoms with Crippen molar-refractivity contribution in [1.29, 1.82) is 0 Å². The Morgan fingerprint density at radius 3 is 1.48 bits per heavy atom. The maximum absolute atomic E-state index is 14.9. The Morgan fingerprint density at radius 2 is 1.18 bits per heavy atom. The lowest BCUT2D eigenvalue weighted by Gasteiger charge is -2.55. The second-order valence-electron chi connectivity index (χ2n) is 9.58. The standard InChI is InChI=1S/C17H23F5O8S3/c1-31(24,25)14(32(2,26)27)33(28,29)17(21,22)12(16(18,19)20)30-13(23)15-6-9-3-10(7-15)5-11(4-9)8-15/h9-12,14H,3-8H2,1-2H3. The molecule has 4 aliphatic carbocycles. The van der Waals surface area contributed by atoms with Crippen molar-refractivity contribution in [2.75, 3.05) is 12.5 Å². The van der Waals surface area contributed by atoms with Crippen LogP contribution in [0.2, 0.25) is 0 Å². The van der Waals surface area contributed by atoms with E-state index in [1.165, 1.54) is 0 Å². The van der Waals surface area contributed by atoms with Crippen LogP contribution in [0.15, 0.2) is 0 Å². The molecule has 192 valence electrons. The van der Waals surface area contributed by atoms with Gasteiger partial charge in [0.05, 0.1) is 5.41 Å². The van der Waals surface area contributed by atoms with Crippen molar-refractivity contribution in [3.63, 3.8) is 0 Å². The van der Waals surface area contributed by atoms with E-state index in [-0.39, 0.29) is 49.5 Å². The van der Waals surface area contributed by atoms with Gasteiger partial charge in [-0.3, -0.25) is 4.79 Å². The van der Waals surface area contributed by atoms with Crippen molar-refractivity contribution in [2.24, 2.45) is 23.2 Å². The molecule has 4 saturated carbocycles. The summed E-state index contributed by atoms with van der Waals surface area (Å²) in [6.45, 7) is 0. The van der Waals surface area contributed by atoms with Crippen LogP contribution >= 0.6 is 0 Å². The molecule has 8 nitrogen and oxygen atoms in total. The van der Waals surface area contributed by atoms with E-state index < -0.39 is 62.3 Å². The van der Waals surface area contributed by atoms with Gasteiger partial charge in [-0.05, 0) is 56.3 Å². The SMILES string of the molecule is CS(=O)(=O)C(S(C)(=O)=O)S(=O)(=O)C(F)(F)C(OC(=O)C12CC3CC(CC(C3)C1)C2)C(F)(F)F. The second kappa shape index (κ2) is 7.73. The van der Waals surface area contributed by atoms with Crippen LogP contribution < -0.4 is 0 Å². The Hall–Kier alpha value is -1.03. The van der Waals surface area contributed by atoms with Crippen LogP contribution in [-0.2, 0) is 39.0 Å². The number of carbonyl (C=O) groups is 1. The first-order valence-electron chi connectivity index (χ1n) is 9.88. The minimum absolute atomic E-state index is 0.0113. The monoisotopic (exact) mass is 546 g/mol. The smallest absolute Gasteiger partial charge is 0.432 e. The first kappa shape index (κ1) is 26.6. The van der Waals surface area contributed by atoms with Crippen LogP contribution in [0, 0.1) is 23.2 Å². The highest BCUT2D eigenvalue weighted by Crippen LogP contribution is 2.61. The average molecular weight is 547 g/mol. The van der Waals surface area contributed by atoms with Crippen molar-refractivity contribution in [3.8, 4) is 0 Å². The van der Waals surface area contributed by atoms with Crippen molar-refractivity contribution in [1.82, 2.24) is 0 Å².